The molecular formula is C29H30F4N4O2. The summed E-state index contributed by atoms with van der Waals surface area (Å²) in [6, 6.07) is 15.1. The molecule has 0 radical (unpaired) electrons. The molecule has 5 rings (SSSR count). The highest BCUT2D eigenvalue weighted by molar-refractivity contribution is 5.92. The van der Waals surface area contributed by atoms with Gasteiger partial charge in [-0.1, -0.05) is 12.1 Å². The number of likely N-dealkylation sites (tertiary alicyclic amines) is 1. The Labute approximate surface area is 224 Å². The molecule has 2 aliphatic heterocycles. The topological polar surface area (TPSA) is 57.7 Å². The van der Waals surface area contributed by atoms with Crippen LogP contribution in [0.3, 0.4) is 0 Å². The lowest BCUT2D eigenvalue weighted by Crippen LogP contribution is -2.38. The van der Waals surface area contributed by atoms with E-state index in [1.54, 1.807) is 30.5 Å². The van der Waals surface area contributed by atoms with Gasteiger partial charge < -0.3 is 15.0 Å². The summed E-state index contributed by atoms with van der Waals surface area (Å²) in [5.74, 6) is 0.0854. The number of carbonyl (C=O) groups is 1. The number of benzene rings is 2. The molecule has 39 heavy (non-hydrogen) atoms. The minimum atomic E-state index is -4.34. The van der Waals surface area contributed by atoms with E-state index in [0.717, 1.165) is 55.7 Å². The van der Waals surface area contributed by atoms with E-state index in [1.165, 1.54) is 24.3 Å². The zero-order valence-corrected chi connectivity index (χ0v) is 21.3. The molecule has 10 heteroatoms. The number of piperidine rings is 1. The van der Waals surface area contributed by atoms with Gasteiger partial charge in [-0.05, 0) is 60.5 Å². The maximum Gasteiger partial charge on any atom is 0.416 e. The van der Waals surface area contributed by atoms with Crippen molar-refractivity contribution in [3.05, 3.63) is 89.5 Å². The Morgan fingerprint density at radius 2 is 1.67 bits per heavy atom. The van der Waals surface area contributed by atoms with Crippen molar-refractivity contribution in [3.8, 4) is 5.75 Å². The number of alkyl halides is 3. The molecule has 0 aliphatic carbocycles. The first-order valence-corrected chi connectivity index (χ1v) is 13.1. The maximum absolute atomic E-state index is 13.1. The summed E-state index contributed by atoms with van der Waals surface area (Å²) < 4.78 is 57.6. The second-order valence-corrected chi connectivity index (χ2v) is 10.0. The number of aromatic nitrogens is 1. The van der Waals surface area contributed by atoms with E-state index in [4.69, 9.17) is 4.74 Å². The molecule has 1 aromatic heterocycles. The van der Waals surface area contributed by atoms with E-state index in [9.17, 15) is 22.4 Å². The Balaban J connectivity index is 1.06. The summed E-state index contributed by atoms with van der Waals surface area (Å²) >= 11 is 0. The summed E-state index contributed by atoms with van der Waals surface area (Å²) in [5, 5.41) is 3.04. The van der Waals surface area contributed by atoms with Crippen molar-refractivity contribution in [1.29, 1.82) is 0 Å². The van der Waals surface area contributed by atoms with Gasteiger partial charge in [0, 0.05) is 57.3 Å². The fourth-order valence-corrected chi connectivity index (χ4v) is 5.07. The zero-order chi connectivity index (χ0) is 27.4. The van der Waals surface area contributed by atoms with Crippen molar-refractivity contribution in [2.45, 2.75) is 44.1 Å². The molecule has 0 spiro atoms. The van der Waals surface area contributed by atoms with Crippen LogP contribution >= 0.6 is 0 Å². The highest BCUT2D eigenvalue weighted by Crippen LogP contribution is 2.31. The van der Waals surface area contributed by atoms with Gasteiger partial charge in [-0.3, -0.25) is 9.69 Å². The summed E-state index contributed by atoms with van der Waals surface area (Å²) in [5.41, 5.74) is 1.46. The molecule has 3 heterocycles. The summed E-state index contributed by atoms with van der Waals surface area (Å²) in [6.07, 6.45) is -0.555. The lowest BCUT2D eigenvalue weighted by Gasteiger charge is -2.33. The van der Waals surface area contributed by atoms with E-state index in [-0.39, 0.29) is 23.9 Å². The van der Waals surface area contributed by atoms with Gasteiger partial charge in [0.05, 0.1) is 11.8 Å². The first kappa shape index (κ1) is 26.9. The van der Waals surface area contributed by atoms with Crippen molar-refractivity contribution < 1.29 is 27.1 Å². The first-order valence-electron chi connectivity index (χ1n) is 13.1. The fourth-order valence-electron chi connectivity index (χ4n) is 5.07. The van der Waals surface area contributed by atoms with Gasteiger partial charge in [-0.2, -0.15) is 13.2 Å². The van der Waals surface area contributed by atoms with Crippen molar-refractivity contribution in [1.82, 2.24) is 15.2 Å². The molecule has 1 atom stereocenters. The Morgan fingerprint density at radius 1 is 0.949 bits per heavy atom. The minimum absolute atomic E-state index is 0.0190. The molecule has 0 saturated carbocycles. The van der Waals surface area contributed by atoms with Gasteiger partial charge in [0.2, 0.25) is 0 Å². The lowest BCUT2D eigenvalue weighted by atomic mass is 10.1. The van der Waals surface area contributed by atoms with Crippen molar-refractivity contribution in [3.63, 3.8) is 0 Å². The standard InChI is InChI=1S/C29H30F4N4O2/c30-22-5-1-20(2-6-22)18-36-14-11-23(19-36)35-28(38)27-10-9-26(17-34-27)39-25-12-15-37(16-13-25)24-7-3-21(4-8-24)29(31,32)33/h1-10,17,23,25H,11-16,18-19H2,(H,35,38)/t23-/m0/s1. The SMILES string of the molecule is O=C(N[C@H]1CCN(Cc2ccc(F)cc2)C1)c1ccc(OC2CCN(c3ccc(C(F)(F)F)cc3)CC2)cn1. The predicted molar refractivity (Wildman–Crippen MR) is 139 cm³/mol. The summed E-state index contributed by atoms with van der Waals surface area (Å²) in [6.45, 7) is 3.61. The molecular weight excluding hydrogens is 512 g/mol. The normalized spacial score (nSPS) is 18.8. The van der Waals surface area contributed by atoms with Crippen molar-refractivity contribution >= 4 is 11.6 Å². The predicted octanol–water partition coefficient (Wildman–Crippen LogP) is 5.29. The summed E-state index contributed by atoms with van der Waals surface area (Å²) in [4.78, 5) is 21.3. The van der Waals surface area contributed by atoms with Crippen LogP contribution in [0.2, 0.25) is 0 Å². The maximum atomic E-state index is 13.1. The smallest absolute Gasteiger partial charge is 0.416 e. The van der Waals surface area contributed by atoms with E-state index in [2.05, 4.69) is 20.1 Å². The number of hydrogen-bond acceptors (Lipinski definition) is 5. The van der Waals surface area contributed by atoms with Crippen LogP contribution in [0, 0.1) is 5.82 Å². The quantitative estimate of drug-likeness (QED) is 0.411. The Bertz CT molecular complexity index is 1240. The monoisotopic (exact) mass is 542 g/mol. The van der Waals surface area contributed by atoms with Gasteiger partial charge in [0.15, 0.2) is 0 Å². The van der Waals surface area contributed by atoms with Crippen LogP contribution in [0.15, 0.2) is 66.9 Å². The largest absolute Gasteiger partial charge is 0.489 e. The van der Waals surface area contributed by atoms with Crippen LogP contribution in [-0.4, -0.2) is 54.1 Å². The van der Waals surface area contributed by atoms with E-state index in [0.29, 0.717) is 31.1 Å². The Hall–Kier alpha value is -3.66. The van der Waals surface area contributed by atoms with E-state index in [1.807, 2.05) is 0 Å². The highest BCUT2D eigenvalue weighted by atomic mass is 19.4. The third-order valence-electron chi connectivity index (χ3n) is 7.20. The third-order valence-corrected chi connectivity index (χ3v) is 7.20. The zero-order valence-electron chi connectivity index (χ0n) is 21.3. The molecule has 2 fully saturated rings. The number of rotatable bonds is 7. The molecule has 2 saturated heterocycles. The average Bonchev–Trinajstić information content (AvgIpc) is 3.37. The highest BCUT2D eigenvalue weighted by Gasteiger charge is 2.30. The third kappa shape index (κ3) is 7.06. The van der Waals surface area contributed by atoms with Gasteiger partial charge >= 0.3 is 6.18 Å². The van der Waals surface area contributed by atoms with Gasteiger partial charge in [-0.25, -0.2) is 9.37 Å². The number of hydrogen-bond donors (Lipinski definition) is 1. The number of halogens is 4. The van der Waals surface area contributed by atoms with Gasteiger partial charge in [0.1, 0.15) is 23.4 Å². The minimum Gasteiger partial charge on any atom is -0.489 e. The number of nitrogens with zero attached hydrogens (tertiary/aromatic N) is 3. The molecule has 3 aromatic rings. The van der Waals surface area contributed by atoms with Crippen LogP contribution in [0.5, 0.6) is 5.75 Å². The number of pyridine rings is 1. The molecule has 2 aromatic carbocycles. The number of nitrogens with one attached hydrogen (secondary N) is 1. The second-order valence-electron chi connectivity index (χ2n) is 10.0. The molecule has 206 valence electrons. The van der Waals surface area contributed by atoms with Crippen LogP contribution in [0.4, 0.5) is 23.2 Å². The molecule has 1 amide bonds. The van der Waals surface area contributed by atoms with Crippen LogP contribution in [0.1, 0.15) is 40.9 Å². The number of anilines is 1. The van der Waals surface area contributed by atoms with Crippen LogP contribution < -0.4 is 15.0 Å². The lowest BCUT2D eigenvalue weighted by molar-refractivity contribution is -0.137. The van der Waals surface area contributed by atoms with E-state index >= 15 is 0 Å². The van der Waals surface area contributed by atoms with Crippen LogP contribution in [0.25, 0.3) is 0 Å². The number of amides is 1. The number of carbonyl (C=O) groups excluding carboxylic acids is 1. The fraction of sp³-hybridized carbons (Fsp3) is 0.379. The molecule has 6 nitrogen and oxygen atoms in total. The Kier molecular flexibility index (Phi) is 8.02. The van der Waals surface area contributed by atoms with Crippen molar-refractivity contribution in [2.75, 3.05) is 31.1 Å². The second kappa shape index (κ2) is 11.6. The average molecular weight is 543 g/mol. The van der Waals surface area contributed by atoms with Gasteiger partial charge in [-0.15, -0.1) is 0 Å². The molecule has 2 aliphatic rings. The van der Waals surface area contributed by atoms with Crippen LogP contribution in [-0.2, 0) is 12.7 Å². The van der Waals surface area contributed by atoms with E-state index < -0.39 is 11.7 Å². The Morgan fingerprint density at radius 3 is 2.31 bits per heavy atom. The first-order chi connectivity index (χ1) is 18.7. The summed E-state index contributed by atoms with van der Waals surface area (Å²) in [7, 11) is 0. The number of ether oxygens (including phenoxy) is 1. The van der Waals surface area contributed by atoms with Crippen molar-refractivity contribution in [2.24, 2.45) is 0 Å². The van der Waals surface area contributed by atoms with Gasteiger partial charge in [0.25, 0.3) is 5.91 Å². The molecule has 0 bridgehead atoms. The molecule has 0 unspecified atom stereocenters. The molecule has 1 N–H and O–H groups in total.